The topological polar surface area (TPSA) is 145 Å². The van der Waals surface area contributed by atoms with E-state index in [1.165, 1.54) is 6.21 Å². The standard InChI is InChI=1S/C26H26N4O6S/c1-16(2)35-23-11-10-17(12-19(23)13-27)26-29-25(30-36-26)22-9-5-7-20-18(6-4-8-21(20)22)14-28-37(32,33)15-24(31)34-3/h5,7,9-12,14,16,18H,4,6,8,15H2,1-3H3. The number of carbonyl (C=O) groups is 1. The van der Waals surface area contributed by atoms with E-state index in [0.717, 1.165) is 36.6 Å². The minimum Gasteiger partial charge on any atom is -0.490 e. The van der Waals surface area contributed by atoms with Gasteiger partial charge in [0.1, 0.15) is 11.8 Å². The minimum absolute atomic E-state index is 0.0703. The lowest BCUT2D eigenvalue weighted by atomic mass is 9.81. The number of benzene rings is 2. The number of carbonyl (C=O) groups excluding carboxylic acids is 1. The molecule has 0 spiro atoms. The van der Waals surface area contributed by atoms with Crippen molar-refractivity contribution in [3.8, 4) is 34.7 Å². The van der Waals surface area contributed by atoms with Crippen molar-refractivity contribution in [1.82, 2.24) is 10.1 Å². The third-order valence-corrected chi connectivity index (χ3v) is 6.90. The van der Waals surface area contributed by atoms with Gasteiger partial charge in [0.25, 0.3) is 15.9 Å². The second-order valence-electron chi connectivity index (χ2n) is 8.84. The number of fused-ring (bicyclic) bond motifs is 1. The van der Waals surface area contributed by atoms with Gasteiger partial charge in [-0.25, -0.2) is 8.42 Å². The van der Waals surface area contributed by atoms with E-state index in [2.05, 4.69) is 25.3 Å². The number of esters is 1. The third kappa shape index (κ3) is 6.03. The van der Waals surface area contributed by atoms with Crippen LogP contribution in [-0.2, 0) is 26.0 Å². The maximum atomic E-state index is 12.1. The highest BCUT2D eigenvalue weighted by molar-refractivity contribution is 7.90. The smallest absolute Gasteiger partial charge is 0.322 e. The average Bonchev–Trinajstić information content (AvgIpc) is 3.37. The van der Waals surface area contributed by atoms with Gasteiger partial charge in [-0.05, 0) is 62.4 Å². The van der Waals surface area contributed by atoms with Crippen LogP contribution >= 0.6 is 0 Å². The second-order valence-corrected chi connectivity index (χ2v) is 10.5. The lowest BCUT2D eigenvalue weighted by molar-refractivity contribution is -0.137. The Morgan fingerprint density at radius 1 is 1.32 bits per heavy atom. The van der Waals surface area contributed by atoms with Gasteiger partial charge in [0, 0.05) is 23.3 Å². The molecule has 2 aromatic carbocycles. The van der Waals surface area contributed by atoms with Crippen molar-refractivity contribution in [3.05, 3.63) is 53.1 Å². The number of aromatic nitrogens is 2. The molecule has 0 amide bonds. The third-order valence-electron chi connectivity index (χ3n) is 5.86. The van der Waals surface area contributed by atoms with Gasteiger partial charge in [0.2, 0.25) is 5.82 Å². The summed E-state index contributed by atoms with van der Waals surface area (Å²) in [7, 11) is -2.85. The summed E-state index contributed by atoms with van der Waals surface area (Å²) in [6, 6.07) is 12.9. The lowest BCUT2D eigenvalue weighted by Crippen LogP contribution is -2.17. The number of rotatable bonds is 8. The monoisotopic (exact) mass is 522 g/mol. The summed E-state index contributed by atoms with van der Waals surface area (Å²) in [6.07, 6.45) is 3.59. The first kappa shape index (κ1) is 26.0. The number of sulfonamides is 1. The van der Waals surface area contributed by atoms with Crippen LogP contribution in [0.1, 0.15) is 49.3 Å². The highest BCUT2D eigenvalue weighted by atomic mass is 32.2. The highest BCUT2D eigenvalue weighted by Gasteiger charge is 2.25. The van der Waals surface area contributed by atoms with E-state index in [0.29, 0.717) is 29.1 Å². The molecule has 0 N–H and O–H groups in total. The molecule has 1 heterocycles. The number of nitriles is 1. The van der Waals surface area contributed by atoms with Gasteiger partial charge in [-0.15, -0.1) is 0 Å². The first-order valence-corrected chi connectivity index (χ1v) is 13.3. The molecule has 192 valence electrons. The molecule has 37 heavy (non-hydrogen) atoms. The summed E-state index contributed by atoms with van der Waals surface area (Å²) in [5, 5.41) is 13.7. The van der Waals surface area contributed by atoms with Crippen LogP contribution in [-0.4, -0.2) is 49.7 Å². The van der Waals surface area contributed by atoms with Gasteiger partial charge in [-0.3, -0.25) is 4.79 Å². The normalized spacial score (nSPS) is 15.4. The molecule has 1 unspecified atom stereocenters. The zero-order valence-corrected chi connectivity index (χ0v) is 21.5. The van der Waals surface area contributed by atoms with E-state index in [9.17, 15) is 18.5 Å². The summed E-state index contributed by atoms with van der Waals surface area (Å²) in [4.78, 5) is 15.9. The van der Waals surface area contributed by atoms with Gasteiger partial charge < -0.3 is 14.0 Å². The molecule has 0 bridgehead atoms. The maximum absolute atomic E-state index is 12.1. The molecular formula is C26H26N4O6S. The van der Waals surface area contributed by atoms with Crippen LogP contribution in [0.3, 0.4) is 0 Å². The zero-order chi connectivity index (χ0) is 26.6. The molecule has 0 fully saturated rings. The predicted molar refractivity (Wildman–Crippen MR) is 136 cm³/mol. The predicted octanol–water partition coefficient (Wildman–Crippen LogP) is 4.06. The van der Waals surface area contributed by atoms with Crippen molar-refractivity contribution < 1.29 is 27.2 Å². The average molecular weight is 523 g/mol. The van der Waals surface area contributed by atoms with Gasteiger partial charge in [-0.2, -0.15) is 14.6 Å². The molecule has 0 radical (unpaired) electrons. The van der Waals surface area contributed by atoms with Crippen LogP contribution in [0.4, 0.5) is 0 Å². The van der Waals surface area contributed by atoms with E-state index < -0.39 is 21.7 Å². The van der Waals surface area contributed by atoms with Crippen molar-refractivity contribution in [2.45, 2.75) is 45.1 Å². The number of nitrogens with zero attached hydrogens (tertiary/aromatic N) is 4. The fraction of sp³-hybridized carbons (Fsp3) is 0.346. The maximum Gasteiger partial charge on any atom is 0.322 e. The first-order chi connectivity index (χ1) is 17.7. The highest BCUT2D eigenvalue weighted by Crippen LogP contribution is 2.37. The van der Waals surface area contributed by atoms with E-state index in [4.69, 9.17) is 9.26 Å². The van der Waals surface area contributed by atoms with Crippen LogP contribution in [0.2, 0.25) is 0 Å². The molecule has 1 aliphatic rings. The summed E-state index contributed by atoms with van der Waals surface area (Å²) in [6.45, 7) is 3.77. The van der Waals surface area contributed by atoms with Crippen molar-refractivity contribution in [2.75, 3.05) is 12.9 Å². The molecule has 0 saturated heterocycles. The zero-order valence-electron chi connectivity index (χ0n) is 20.7. The van der Waals surface area contributed by atoms with E-state index >= 15 is 0 Å². The van der Waals surface area contributed by atoms with Gasteiger partial charge >= 0.3 is 5.97 Å². The van der Waals surface area contributed by atoms with Crippen molar-refractivity contribution in [3.63, 3.8) is 0 Å². The van der Waals surface area contributed by atoms with Crippen molar-refractivity contribution in [1.29, 1.82) is 5.26 Å². The summed E-state index contributed by atoms with van der Waals surface area (Å²) >= 11 is 0. The lowest BCUT2D eigenvalue weighted by Gasteiger charge is -2.24. The second kappa shape index (κ2) is 10.9. The number of hydrogen-bond acceptors (Lipinski definition) is 9. The van der Waals surface area contributed by atoms with Crippen LogP contribution in [0, 0.1) is 11.3 Å². The van der Waals surface area contributed by atoms with Crippen LogP contribution < -0.4 is 4.74 Å². The molecule has 0 saturated carbocycles. The number of ether oxygens (including phenoxy) is 2. The Hall–Kier alpha value is -4.04. The fourth-order valence-electron chi connectivity index (χ4n) is 4.22. The SMILES string of the molecule is COC(=O)CS(=O)(=O)N=CC1CCCc2c(-c3noc(-c4ccc(OC(C)C)c(C#N)c4)n3)cccc21. The fourth-order valence-corrected chi connectivity index (χ4v) is 5.04. The van der Waals surface area contributed by atoms with Crippen molar-refractivity contribution >= 4 is 22.2 Å². The molecule has 1 atom stereocenters. The number of hydrogen-bond donors (Lipinski definition) is 0. The van der Waals surface area contributed by atoms with Crippen LogP contribution in [0.5, 0.6) is 5.75 Å². The Balaban J connectivity index is 1.62. The number of methoxy groups -OCH3 is 1. The molecule has 1 aromatic heterocycles. The van der Waals surface area contributed by atoms with Gasteiger partial charge in [0.05, 0.1) is 18.8 Å². The van der Waals surface area contributed by atoms with Gasteiger partial charge in [-0.1, -0.05) is 23.4 Å². The minimum atomic E-state index is -3.98. The molecule has 0 aliphatic heterocycles. The Kier molecular flexibility index (Phi) is 7.69. The summed E-state index contributed by atoms with van der Waals surface area (Å²) < 4.78 is 43.6. The van der Waals surface area contributed by atoms with Gasteiger partial charge in [0.15, 0.2) is 5.75 Å². The molecular weight excluding hydrogens is 496 g/mol. The Morgan fingerprint density at radius 3 is 2.86 bits per heavy atom. The Bertz CT molecular complexity index is 1490. The van der Waals surface area contributed by atoms with E-state index in [-0.39, 0.29) is 17.9 Å². The molecule has 10 nitrogen and oxygen atoms in total. The molecule has 11 heteroatoms. The molecule has 4 rings (SSSR count). The summed E-state index contributed by atoms with van der Waals surface area (Å²) in [5.74, 6) is -0.760. The first-order valence-electron chi connectivity index (χ1n) is 11.7. The van der Waals surface area contributed by atoms with E-state index in [1.54, 1.807) is 18.2 Å². The largest absolute Gasteiger partial charge is 0.490 e. The van der Waals surface area contributed by atoms with Crippen LogP contribution in [0.25, 0.3) is 22.8 Å². The quantitative estimate of drug-likeness (QED) is 0.316. The van der Waals surface area contributed by atoms with E-state index in [1.807, 2.05) is 32.0 Å². The Morgan fingerprint density at radius 2 is 2.14 bits per heavy atom. The van der Waals surface area contributed by atoms with Crippen LogP contribution in [0.15, 0.2) is 45.3 Å². The summed E-state index contributed by atoms with van der Waals surface area (Å²) in [5.41, 5.74) is 3.66. The molecule has 3 aromatic rings. The molecule has 1 aliphatic carbocycles. The Labute approximate surface area is 215 Å². The van der Waals surface area contributed by atoms with Crippen molar-refractivity contribution in [2.24, 2.45) is 4.40 Å².